The molecule has 0 radical (unpaired) electrons. The zero-order valence-electron chi connectivity index (χ0n) is 12.3. The van der Waals surface area contributed by atoms with Crippen LogP contribution in [0.3, 0.4) is 0 Å². The van der Waals surface area contributed by atoms with Gasteiger partial charge < -0.3 is 14.5 Å². The van der Waals surface area contributed by atoms with Crippen LogP contribution >= 0.6 is 24.8 Å². The summed E-state index contributed by atoms with van der Waals surface area (Å²) in [6, 6.07) is 8.27. The Labute approximate surface area is 129 Å². The molecule has 1 aromatic rings. The Bertz CT molecular complexity index is 333. The zero-order valence-corrected chi connectivity index (χ0v) is 13.9. The quantitative estimate of drug-likeness (QED) is 0.720. The van der Waals surface area contributed by atoms with Gasteiger partial charge in [0.05, 0.1) is 6.61 Å². The van der Waals surface area contributed by atoms with Crippen LogP contribution in [0.5, 0.6) is 5.75 Å². The summed E-state index contributed by atoms with van der Waals surface area (Å²) in [4.78, 5) is 4.33. The Morgan fingerprint density at radius 3 is 2.16 bits per heavy atom. The summed E-state index contributed by atoms with van der Waals surface area (Å²) >= 11 is 0. The van der Waals surface area contributed by atoms with Crippen LogP contribution in [-0.2, 0) is 6.54 Å². The Balaban J connectivity index is 0. The van der Waals surface area contributed by atoms with Crippen molar-refractivity contribution in [3.05, 3.63) is 29.8 Å². The summed E-state index contributed by atoms with van der Waals surface area (Å²) in [5.74, 6) is 1.01. The van der Waals surface area contributed by atoms with Crippen molar-refractivity contribution >= 4 is 24.8 Å². The number of hydrogen-bond acceptors (Lipinski definition) is 3. The van der Waals surface area contributed by atoms with E-state index < -0.39 is 0 Å². The van der Waals surface area contributed by atoms with Gasteiger partial charge in [-0.3, -0.25) is 0 Å². The Hall–Kier alpha value is -0.480. The van der Waals surface area contributed by atoms with E-state index in [0.717, 1.165) is 31.9 Å². The summed E-state index contributed by atoms with van der Waals surface area (Å²) in [6.45, 7) is 2.77. The van der Waals surface area contributed by atoms with Crippen LogP contribution < -0.4 is 4.74 Å². The lowest BCUT2D eigenvalue weighted by Crippen LogP contribution is -2.16. The summed E-state index contributed by atoms with van der Waals surface area (Å²) in [5.41, 5.74) is 1.25. The minimum absolute atomic E-state index is 0. The second-order valence-corrected chi connectivity index (χ2v) is 4.85. The van der Waals surface area contributed by atoms with E-state index in [1.807, 2.05) is 6.07 Å². The van der Waals surface area contributed by atoms with E-state index in [4.69, 9.17) is 4.74 Å². The molecule has 0 aromatic heterocycles. The first-order valence-electron chi connectivity index (χ1n) is 6.10. The Morgan fingerprint density at radius 1 is 0.947 bits per heavy atom. The molecule has 0 heterocycles. The fourth-order valence-corrected chi connectivity index (χ4v) is 1.68. The largest absolute Gasteiger partial charge is 0.493 e. The molecule has 0 amide bonds. The van der Waals surface area contributed by atoms with Gasteiger partial charge in [-0.2, -0.15) is 0 Å². The van der Waals surface area contributed by atoms with Gasteiger partial charge in [0.15, 0.2) is 0 Å². The van der Waals surface area contributed by atoms with Crippen LogP contribution in [0.4, 0.5) is 0 Å². The van der Waals surface area contributed by atoms with Gasteiger partial charge in [0, 0.05) is 18.7 Å². The van der Waals surface area contributed by atoms with E-state index in [1.54, 1.807) is 0 Å². The van der Waals surface area contributed by atoms with Crippen LogP contribution in [0.1, 0.15) is 12.0 Å². The van der Waals surface area contributed by atoms with E-state index in [9.17, 15) is 0 Å². The predicted octanol–water partition coefficient (Wildman–Crippen LogP) is 2.92. The third-order valence-electron chi connectivity index (χ3n) is 2.47. The summed E-state index contributed by atoms with van der Waals surface area (Å²) in [6.07, 6.45) is 1.06. The molecule has 0 aliphatic rings. The van der Waals surface area contributed by atoms with Crippen molar-refractivity contribution in [2.24, 2.45) is 0 Å². The first-order chi connectivity index (χ1) is 8.09. The fourth-order valence-electron chi connectivity index (χ4n) is 1.68. The highest BCUT2D eigenvalue weighted by molar-refractivity contribution is 5.85. The van der Waals surface area contributed by atoms with E-state index in [-0.39, 0.29) is 24.8 Å². The van der Waals surface area contributed by atoms with Crippen LogP contribution in [0.15, 0.2) is 24.3 Å². The highest BCUT2D eigenvalue weighted by Crippen LogP contribution is 2.19. The molecule has 0 bridgehead atoms. The average molecular weight is 309 g/mol. The molecule has 3 nitrogen and oxygen atoms in total. The van der Waals surface area contributed by atoms with Gasteiger partial charge in [-0.1, -0.05) is 18.2 Å². The maximum Gasteiger partial charge on any atom is 0.123 e. The number of ether oxygens (including phenoxy) is 1. The molecule has 0 fully saturated rings. The van der Waals surface area contributed by atoms with Crippen molar-refractivity contribution in [1.82, 2.24) is 9.80 Å². The highest BCUT2D eigenvalue weighted by Gasteiger charge is 2.03. The minimum atomic E-state index is 0. The number of halogens is 2. The van der Waals surface area contributed by atoms with Gasteiger partial charge in [-0.25, -0.2) is 0 Å². The molecule has 0 spiro atoms. The van der Waals surface area contributed by atoms with Crippen LogP contribution in [0, 0.1) is 0 Å². The van der Waals surface area contributed by atoms with Gasteiger partial charge in [0.1, 0.15) is 5.75 Å². The lowest BCUT2D eigenvalue weighted by molar-refractivity contribution is 0.275. The molecule has 0 aliphatic heterocycles. The van der Waals surface area contributed by atoms with Crippen LogP contribution in [0.2, 0.25) is 0 Å². The molecule has 112 valence electrons. The topological polar surface area (TPSA) is 15.7 Å². The van der Waals surface area contributed by atoms with Crippen molar-refractivity contribution in [2.75, 3.05) is 41.3 Å². The van der Waals surface area contributed by atoms with Crippen molar-refractivity contribution < 1.29 is 4.74 Å². The van der Waals surface area contributed by atoms with Gasteiger partial charge in [0.2, 0.25) is 0 Å². The number of hydrogen-bond donors (Lipinski definition) is 0. The Kier molecular flexibility index (Phi) is 12.4. The monoisotopic (exact) mass is 308 g/mol. The molecule has 0 N–H and O–H groups in total. The molecular weight excluding hydrogens is 283 g/mol. The van der Waals surface area contributed by atoms with E-state index in [0.29, 0.717) is 0 Å². The third-order valence-corrected chi connectivity index (χ3v) is 2.47. The van der Waals surface area contributed by atoms with Crippen LogP contribution in [-0.4, -0.2) is 51.1 Å². The molecule has 0 saturated heterocycles. The average Bonchev–Trinajstić information content (AvgIpc) is 2.25. The maximum atomic E-state index is 5.84. The first kappa shape index (κ1) is 20.8. The lowest BCUT2D eigenvalue weighted by atomic mass is 10.2. The first-order valence-corrected chi connectivity index (χ1v) is 6.10. The van der Waals surface area contributed by atoms with Crippen molar-refractivity contribution in [3.8, 4) is 5.75 Å². The van der Waals surface area contributed by atoms with Gasteiger partial charge >= 0.3 is 0 Å². The minimum Gasteiger partial charge on any atom is -0.493 e. The molecule has 0 unspecified atom stereocenters. The Morgan fingerprint density at radius 2 is 1.58 bits per heavy atom. The molecule has 0 aliphatic carbocycles. The predicted molar refractivity (Wildman–Crippen MR) is 87.0 cm³/mol. The summed E-state index contributed by atoms with van der Waals surface area (Å²) in [5, 5.41) is 0. The van der Waals surface area contributed by atoms with Crippen LogP contribution in [0.25, 0.3) is 0 Å². The van der Waals surface area contributed by atoms with Gasteiger partial charge in [0.25, 0.3) is 0 Å². The molecule has 1 aromatic carbocycles. The molecule has 5 heteroatoms. The van der Waals surface area contributed by atoms with Gasteiger partial charge in [-0.05, 0) is 40.7 Å². The van der Waals surface area contributed by atoms with Crippen molar-refractivity contribution in [2.45, 2.75) is 13.0 Å². The molecule has 0 saturated carbocycles. The highest BCUT2D eigenvalue weighted by atomic mass is 35.5. The third kappa shape index (κ3) is 9.11. The van der Waals surface area contributed by atoms with E-state index in [2.05, 4.69) is 56.2 Å². The van der Waals surface area contributed by atoms with Crippen molar-refractivity contribution in [3.63, 3.8) is 0 Å². The number of benzene rings is 1. The zero-order chi connectivity index (χ0) is 12.7. The SMILES string of the molecule is CN(C)CCCOc1ccccc1CN(C)C.Cl.Cl. The maximum absolute atomic E-state index is 5.84. The number of rotatable bonds is 7. The standard InChI is InChI=1S/C14H24N2O.2ClH/c1-15(2)10-7-11-17-14-9-6-5-8-13(14)12-16(3)4;;/h5-6,8-9H,7,10-12H2,1-4H3;2*1H. The smallest absolute Gasteiger partial charge is 0.123 e. The fraction of sp³-hybridized carbons (Fsp3) is 0.571. The molecule has 19 heavy (non-hydrogen) atoms. The summed E-state index contributed by atoms with van der Waals surface area (Å²) < 4.78 is 5.84. The van der Waals surface area contributed by atoms with E-state index >= 15 is 0 Å². The molecule has 0 atom stereocenters. The van der Waals surface area contributed by atoms with E-state index in [1.165, 1.54) is 5.56 Å². The number of nitrogens with zero attached hydrogens (tertiary/aromatic N) is 2. The molecule has 1 rings (SSSR count). The number of para-hydroxylation sites is 1. The normalized spacial score (nSPS) is 10.0. The van der Waals surface area contributed by atoms with Gasteiger partial charge in [-0.15, -0.1) is 24.8 Å². The second-order valence-electron chi connectivity index (χ2n) is 4.85. The van der Waals surface area contributed by atoms with Crippen molar-refractivity contribution in [1.29, 1.82) is 0 Å². The summed E-state index contributed by atoms with van der Waals surface area (Å²) in [7, 11) is 8.31. The second kappa shape index (κ2) is 11.4. The lowest BCUT2D eigenvalue weighted by Gasteiger charge is -2.15. The molecular formula is C14H26Cl2N2O.